The smallest absolute Gasteiger partial charge is 0.242 e. The average molecular weight is 408 g/mol. The van der Waals surface area contributed by atoms with Gasteiger partial charge in [0.05, 0.1) is 16.3 Å². The first-order chi connectivity index (χ1) is 13.8. The first kappa shape index (κ1) is 19.0. The summed E-state index contributed by atoms with van der Waals surface area (Å²) in [6.07, 6.45) is 3.44. The topological polar surface area (TPSA) is 92.5 Å². The normalized spacial score (nSPS) is 11.9. The summed E-state index contributed by atoms with van der Waals surface area (Å²) >= 11 is 0. The molecular formula is C20H20N6O2S. The van der Waals surface area contributed by atoms with E-state index in [-0.39, 0.29) is 4.90 Å². The van der Waals surface area contributed by atoms with Gasteiger partial charge in [-0.25, -0.2) is 17.7 Å². The lowest BCUT2D eigenvalue weighted by atomic mass is 10.2. The van der Waals surface area contributed by atoms with Crippen LogP contribution in [0.25, 0.3) is 16.9 Å². The number of benzene rings is 1. The summed E-state index contributed by atoms with van der Waals surface area (Å²) in [6, 6.07) is 14.2. The Kier molecular flexibility index (Phi) is 4.77. The fourth-order valence-electron chi connectivity index (χ4n) is 2.92. The number of rotatable bonds is 5. The number of pyridine rings is 1. The zero-order valence-electron chi connectivity index (χ0n) is 16.2. The van der Waals surface area contributed by atoms with Crippen LogP contribution in [0.3, 0.4) is 0 Å². The summed E-state index contributed by atoms with van der Waals surface area (Å²) in [5, 5.41) is 7.82. The number of aryl methyl sites for hydroxylation is 1. The van der Waals surface area contributed by atoms with Gasteiger partial charge in [-0.3, -0.25) is 4.98 Å². The molecule has 4 rings (SSSR count). The molecule has 4 aromatic rings. The maximum Gasteiger partial charge on any atom is 0.242 e. The zero-order valence-corrected chi connectivity index (χ0v) is 17.1. The third-order valence-corrected chi connectivity index (χ3v) is 6.26. The Balaban J connectivity index is 1.74. The summed E-state index contributed by atoms with van der Waals surface area (Å²) in [5.41, 5.74) is 4.03. The van der Waals surface area contributed by atoms with Crippen molar-refractivity contribution < 1.29 is 8.42 Å². The minimum Gasteiger partial charge on any atom is -0.340 e. The highest BCUT2D eigenvalue weighted by atomic mass is 32.2. The van der Waals surface area contributed by atoms with E-state index in [1.165, 1.54) is 18.4 Å². The van der Waals surface area contributed by atoms with Gasteiger partial charge in [0, 0.05) is 49.9 Å². The number of hydrogen-bond donors (Lipinski definition) is 1. The van der Waals surface area contributed by atoms with Crippen LogP contribution in [-0.2, 0) is 10.0 Å². The predicted molar refractivity (Wildman–Crippen MR) is 112 cm³/mol. The Hall–Kier alpha value is -3.30. The summed E-state index contributed by atoms with van der Waals surface area (Å²) < 4.78 is 27.4. The van der Waals surface area contributed by atoms with Crippen molar-refractivity contribution in [1.29, 1.82) is 0 Å². The van der Waals surface area contributed by atoms with Crippen LogP contribution in [0.1, 0.15) is 5.69 Å². The SMILES string of the molecule is Cc1cc2nc(-c3ccncc3)cc(Nc3ccc(S(=O)(=O)N(C)C)cc3)n2n1. The fourth-order valence-corrected chi connectivity index (χ4v) is 3.82. The molecule has 1 N–H and O–H groups in total. The molecule has 148 valence electrons. The summed E-state index contributed by atoms with van der Waals surface area (Å²) in [6.45, 7) is 1.91. The monoisotopic (exact) mass is 408 g/mol. The second kappa shape index (κ2) is 7.26. The molecule has 0 fully saturated rings. The Morgan fingerprint density at radius 2 is 1.69 bits per heavy atom. The third-order valence-electron chi connectivity index (χ3n) is 4.43. The highest BCUT2D eigenvalue weighted by Crippen LogP contribution is 2.25. The van der Waals surface area contributed by atoms with Crippen LogP contribution in [0.15, 0.2) is 65.8 Å². The molecule has 0 unspecified atom stereocenters. The molecular weight excluding hydrogens is 388 g/mol. The third kappa shape index (κ3) is 3.69. The maximum absolute atomic E-state index is 12.3. The van der Waals surface area contributed by atoms with Crippen LogP contribution in [0.2, 0.25) is 0 Å². The van der Waals surface area contributed by atoms with Crippen molar-refractivity contribution in [3.05, 3.63) is 66.6 Å². The molecule has 3 aromatic heterocycles. The summed E-state index contributed by atoms with van der Waals surface area (Å²) in [7, 11) is -0.449. The number of anilines is 2. The Morgan fingerprint density at radius 1 is 1.00 bits per heavy atom. The van der Waals surface area contributed by atoms with Crippen LogP contribution < -0.4 is 5.32 Å². The molecule has 0 atom stereocenters. The first-order valence-corrected chi connectivity index (χ1v) is 10.4. The van der Waals surface area contributed by atoms with E-state index in [0.717, 1.165) is 28.5 Å². The van der Waals surface area contributed by atoms with Gasteiger partial charge in [0.1, 0.15) is 5.82 Å². The Bertz CT molecular complexity index is 1270. The number of nitrogens with zero attached hydrogens (tertiary/aromatic N) is 5. The standard InChI is InChI=1S/C20H20N6O2S/c1-14-12-19-23-18(15-8-10-21-11-9-15)13-20(26(19)24-14)22-16-4-6-17(7-5-16)29(27,28)25(2)3/h4-13,22H,1-3H3. The largest absolute Gasteiger partial charge is 0.340 e. The Labute approximate surface area is 168 Å². The van der Waals surface area contributed by atoms with E-state index in [1.807, 2.05) is 31.2 Å². The van der Waals surface area contributed by atoms with Crippen molar-refractivity contribution in [1.82, 2.24) is 23.9 Å². The molecule has 0 spiro atoms. The van der Waals surface area contributed by atoms with Crippen molar-refractivity contribution in [2.24, 2.45) is 0 Å². The van der Waals surface area contributed by atoms with Crippen LogP contribution in [-0.4, -0.2) is 46.4 Å². The summed E-state index contributed by atoms with van der Waals surface area (Å²) in [5.74, 6) is 0.720. The maximum atomic E-state index is 12.3. The second-order valence-corrected chi connectivity index (χ2v) is 8.91. The van der Waals surface area contributed by atoms with Gasteiger partial charge in [0.25, 0.3) is 0 Å². The number of fused-ring (bicyclic) bond motifs is 1. The molecule has 3 heterocycles. The summed E-state index contributed by atoms with van der Waals surface area (Å²) in [4.78, 5) is 8.97. The van der Waals surface area contributed by atoms with E-state index >= 15 is 0 Å². The van der Waals surface area contributed by atoms with Crippen molar-refractivity contribution in [2.45, 2.75) is 11.8 Å². The van der Waals surface area contributed by atoms with Gasteiger partial charge in [0.2, 0.25) is 10.0 Å². The predicted octanol–water partition coefficient (Wildman–Crippen LogP) is 3.09. The Morgan fingerprint density at radius 3 is 2.34 bits per heavy atom. The van der Waals surface area contributed by atoms with E-state index in [4.69, 9.17) is 0 Å². The lowest BCUT2D eigenvalue weighted by Gasteiger charge is -2.13. The lowest BCUT2D eigenvalue weighted by Crippen LogP contribution is -2.22. The van der Waals surface area contributed by atoms with Crippen LogP contribution in [0.5, 0.6) is 0 Å². The highest BCUT2D eigenvalue weighted by molar-refractivity contribution is 7.89. The van der Waals surface area contributed by atoms with Crippen molar-refractivity contribution in [3.63, 3.8) is 0 Å². The van der Waals surface area contributed by atoms with Crippen LogP contribution in [0.4, 0.5) is 11.5 Å². The van der Waals surface area contributed by atoms with Gasteiger partial charge < -0.3 is 5.32 Å². The molecule has 9 heteroatoms. The van der Waals surface area contributed by atoms with Gasteiger partial charge in [-0.2, -0.15) is 9.61 Å². The van der Waals surface area contributed by atoms with E-state index in [9.17, 15) is 8.42 Å². The van der Waals surface area contributed by atoms with Crippen molar-refractivity contribution >= 4 is 27.2 Å². The molecule has 0 aliphatic rings. The van der Waals surface area contributed by atoms with E-state index in [2.05, 4.69) is 20.4 Å². The molecule has 1 aromatic carbocycles. The minimum absolute atomic E-state index is 0.236. The van der Waals surface area contributed by atoms with Gasteiger partial charge in [-0.15, -0.1) is 0 Å². The molecule has 0 amide bonds. The molecule has 0 bridgehead atoms. The van der Waals surface area contributed by atoms with Crippen LogP contribution >= 0.6 is 0 Å². The fraction of sp³-hybridized carbons (Fsp3) is 0.150. The molecule has 0 saturated heterocycles. The number of hydrogen-bond acceptors (Lipinski definition) is 6. The number of sulfonamides is 1. The van der Waals surface area contributed by atoms with Crippen molar-refractivity contribution in [3.8, 4) is 11.3 Å². The molecule has 8 nitrogen and oxygen atoms in total. The van der Waals surface area contributed by atoms with Gasteiger partial charge in [-0.1, -0.05) is 0 Å². The molecule has 0 aliphatic carbocycles. The molecule has 29 heavy (non-hydrogen) atoms. The lowest BCUT2D eigenvalue weighted by molar-refractivity contribution is 0.521. The second-order valence-electron chi connectivity index (χ2n) is 6.76. The molecule has 0 radical (unpaired) electrons. The van der Waals surface area contributed by atoms with Gasteiger partial charge >= 0.3 is 0 Å². The highest BCUT2D eigenvalue weighted by Gasteiger charge is 2.17. The average Bonchev–Trinajstić information content (AvgIpc) is 3.09. The number of aromatic nitrogens is 4. The molecule has 0 aliphatic heterocycles. The van der Waals surface area contributed by atoms with Crippen molar-refractivity contribution in [2.75, 3.05) is 19.4 Å². The van der Waals surface area contributed by atoms with E-state index in [1.54, 1.807) is 41.2 Å². The van der Waals surface area contributed by atoms with E-state index in [0.29, 0.717) is 5.65 Å². The molecule has 0 saturated carbocycles. The van der Waals surface area contributed by atoms with Gasteiger partial charge in [-0.05, 0) is 43.3 Å². The van der Waals surface area contributed by atoms with Gasteiger partial charge in [0.15, 0.2) is 5.65 Å². The zero-order chi connectivity index (χ0) is 20.6. The van der Waals surface area contributed by atoms with Crippen LogP contribution in [0, 0.1) is 6.92 Å². The minimum atomic E-state index is -3.47. The first-order valence-electron chi connectivity index (χ1n) is 8.92. The number of nitrogens with one attached hydrogen (secondary N) is 1. The van der Waals surface area contributed by atoms with E-state index < -0.39 is 10.0 Å². The quantitative estimate of drug-likeness (QED) is 0.546.